The summed E-state index contributed by atoms with van der Waals surface area (Å²) in [6.07, 6.45) is 0. The molecule has 2 aromatic rings. The molecule has 0 saturated heterocycles. The lowest BCUT2D eigenvalue weighted by atomic mass is 10.1. The van der Waals surface area contributed by atoms with E-state index in [9.17, 15) is 4.79 Å². The van der Waals surface area contributed by atoms with Crippen molar-refractivity contribution in [2.75, 3.05) is 11.1 Å². The molecular weight excluding hydrogens is 375 g/mol. The topological polar surface area (TPSA) is 55.1 Å². The van der Waals surface area contributed by atoms with Crippen molar-refractivity contribution in [2.45, 2.75) is 13.8 Å². The van der Waals surface area contributed by atoms with Gasteiger partial charge >= 0.3 is 0 Å². The third kappa shape index (κ3) is 3.51. The average molecular weight is 388 g/mol. The molecule has 21 heavy (non-hydrogen) atoms. The molecule has 0 spiro atoms. The number of halogens is 3. The van der Waals surface area contributed by atoms with E-state index >= 15 is 0 Å². The van der Waals surface area contributed by atoms with Crippen LogP contribution in [-0.4, -0.2) is 5.91 Å². The van der Waals surface area contributed by atoms with Gasteiger partial charge in [0.2, 0.25) is 0 Å². The first kappa shape index (κ1) is 16.1. The summed E-state index contributed by atoms with van der Waals surface area (Å²) in [6.45, 7) is 3.91. The SMILES string of the molecule is Cc1cc(NC(=O)c2cc(N)cc(Cl)c2Cl)cc(C)c1Br. The van der Waals surface area contributed by atoms with E-state index in [1.807, 2.05) is 26.0 Å². The maximum absolute atomic E-state index is 12.3. The van der Waals surface area contributed by atoms with Crippen LogP contribution in [-0.2, 0) is 0 Å². The molecular formula is C15H13BrCl2N2O. The van der Waals surface area contributed by atoms with Crippen molar-refractivity contribution in [2.24, 2.45) is 0 Å². The van der Waals surface area contributed by atoms with E-state index in [4.69, 9.17) is 28.9 Å². The Balaban J connectivity index is 2.35. The quantitative estimate of drug-likeness (QED) is 0.695. The Morgan fingerprint density at radius 3 is 2.29 bits per heavy atom. The number of rotatable bonds is 2. The number of anilines is 2. The van der Waals surface area contributed by atoms with E-state index in [1.165, 1.54) is 12.1 Å². The van der Waals surface area contributed by atoms with Crippen molar-refractivity contribution in [3.63, 3.8) is 0 Å². The van der Waals surface area contributed by atoms with E-state index in [-0.39, 0.29) is 21.5 Å². The van der Waals surface area contributed by atoms with Gasteiger partial charge in [-0.3, -0.25) is 4.79 Å². The van der Waals surface area contributed by atoms with E-state index in [1.54, 1.807) is 0 Å². The van der Waals surface area contributed by atoms with E-state index in [0.717, 1.165) is 15.6 Å². The van der Waals surface area contributed by atoms with Crippen LogP contribution in [0.3, 0.4) is 0 Å². The minimum Gasteiger partial charge on any atom is -0.399 e. The zero-order valence-corrected chi connectivity index (χ0v) is 14.5. The third-order valence-electron chi connectivity index (χ3n) is 2.99. The fourth-order valence-electron chi connectivity index (χ4n) is 1.99. The largest absolute Gasteiger partial charge is 0.399 e. The molecule has 0 bridgehead atoms. The maximum atomic E-state index is 12.3. The standard InChI is InChI=1S/C15H13BrCl2N2O/c1-7-3-10(4-8(2)13(7)16)20-15(21)11-5-9(19)6-12(17)14(11)18/h3-6H,19H2,1-2H3,(H,20,21). The smallest absolute Gasteiger partial charge is 0.257 e. The molecule has 6 heteroatoms. The Morgan fingerprint density at radius 2 is 1.71 bits per heavy atom. The molecule has 0 aliphatic heterocycles. The summed E-state index contributed by atoms with van der Waals surface area (Å²) in [5.74, 6) is -0.352. The van der Waals surface area contributed by atoms with Gasteiger partial charge in [0, 0.05) is 15.8 Å². The second kappa shape index (κ2) is 6.26. The molecule has 0 fully saturated rings. The van der Waals surface area contributed by atoms with Gasteiger partial charge in [-0.25, -0.2) is 0 Å². The summed E-state index contributed by atoms with van der Waals surface area (Å²) in [7, 11) is 0. The molecule has 3 nitrogen and oxygen atoms in total. The van der Waals surface area contributed by atoms with Gasteiger partial charge in [-0.05, 0) is 49.2 Å². The summed E-state index contributed by atoms with van der Waals surface area (Å²) in [5, 5.41) is 3.25. The number of hydrogen-bond acceptors (Lipinski definition) is 2. The highest BCUT2D eigenvalue weighted by Gasteiger charge is 2.15. The van der Waals surface area contributed by atoms with Crippen LogP contribution in [0.1, 0.15) is 21.5 Å². The predicted octanol–water partition coefficient (Wildman–Crippen LogP) is 5.21. The van der Waals surface area contributed by atoms with E-state index in [0.29, 0.717) is 11.4 Å². The number of carbonyl (C=O) groups is 1. The van der Waals surface area contributed by atoms with E-state index < -0.39 is 0 Å². The fraction of sp³-hybridized carbons (Fsp3) is 0.133. The summed E-state index contributed by atoms with van der Waals surface area (Å²) >= 11 is 15.5. The van der Waals surface area contributed by atoms with Gasteiger partial charge in [0.1, 0.15) is 0 Å². The van der Waals surface area contributed by atoms with Crippen LogP contribution in [0.25, 0.3) is 0 Å². The van der Waals surface area contributed by atoms with Crippen LogP contribution >= 0.6 is 39.1 Å². The summed E-state index contributed by atoms with van der Waals surface area (Å²) < 4.78 is 1.02. The van der Waals surface area contributed by atoms with Gasteiger partial charge in [0.05, 0.1) is 15.6 Å². The first-order valence-electron chi connectivity index (χ1n) is 6.12. The van der Waals surface area contributed by atoms with Gasteiger partial charge in [0.15, 0.2) is 0 Å². The lowest BCUT2D eigenvalue weighted by Crippen LogP contribution is -2.13. The second-order valence-corrected chi connectivity index (χ2v) is 6.32. The Hall–Kier alpha value is -1.23. The number of hydrogen-bond donors (Lipinski definition) is 2. The molecule has 110 valence electrons. The highest BCUT2D eigenvalue weighted by atomic mass is 79.9. The van der Waals surface area contributed by atoms with Gasteiger partial charge in [-0.2, -0.15) is 0 Å². The Labute approximate surface area is 141 Å². The molecule has 0 radical (unpaired) electrons. The molecule has 0 heterocycles. The van der Waals surface area contributed by atoms with Crippen LogP contribution in [0.5, 0.6) is 0 Å². The number of amides is 1. The number of aryl methyl sites for hydroxylation is 2. The fourth-order valence-corrected chi connectivity index (χ4v) is 2.64. The monoisotopic (exact) mass is 386 g/mol. The first-order chi connectivity index (χ1) is 9.79. The van der Waals surface area contributed by atoms with Gasteiger partial charge in [-0.15, -0.1) is 0 Å². The molecule has 0 aliphatic carbocycles. The Bertz CT molecular complexity index is 709. The normalized spacial score (nSPS) is 10.5. The highest BCUT2D eigenvalue weighted by molar-refractivity contribution is 9.10. The molecule has 0 atom stereocenters. The first-order valence-corrected chi connectivity index (χ1v) is 7.67. The number of benzene rings is 2. The molecule has 2 aromatic carbocycles. The Morgan fingerprint density at radius 1 is 1.14 bits per heavy atom. The molecule has 3 N–H and O–H groups in total. The molecule has 0 unspecified atom stereocenters. The molecule has 0 aliphatic rings. The van der Waals surface area contributed by atoms with Crippen LogP contribution in [0.15, 0.2) is 28.7 Å². The van der Waals surface area contributed by atoms with Gasteiger partial charge in [0.25, 0.3) is 5.91 Å². The molecule has 0 aromatic heterocycles. The lowest BCUT2D eigenvalue weighted by Gasteiger charge is -2.11. The number of nitrogen functional groups attached to an aromatic ring is 1. The molecule has 1 amide bonds. The van der Waals surface area contributed by atoms with Crippen LogP contribution in [0.2, 0.25) is 10.0 Å². The third-order valence-corrected chi connectivity index (χ3v) is 5.04. The zero-order valence-electron chi connectivity index (χ0n) is 11.4. The van der Waals surface area contributed by atoms with Crippen LogP contribution in [0.4, 0.5) is 11.4 Å². The maximum Gasteiger partial charge on any atom is 0.257 e. The van der Waals surface area contributed by atoms with Crippen LogP contribution < -0.4 is 11.1 Å². The molecule has 2 rings (SSSR count). The van der Waals surface area contributed by atoms with Gasteiger partial charge in [-0.1, -0.05) is 39.1 Å². The second-order valence-electron chi connectivity index (χ2n) is 4.74. The lowest BCUT2D eigenvalue weighted by molar-refractivity contribution is 0.102. The van der Waals surface area contributed by atoms with E-state index in [2.05, 4.69) is 21.2 Å². The number of nitrogens with one attached hydrogen (secondary N) is 1. The highest BCUT2D eigenvalue weighted by Crippen LogP contribution is 2.30. The minimum absolute atomic E-state index is 0.189. The summed E-state index contributed by atoms with van der Waals surface area (Å²) in [6, 6.07) is 6.75. The predicted molar refractivity (Wildman–Crippen MR) is 92.4 cm³/mol. The summed E-state index contributed by atoms with van der Waals surface area (Å²) in [4.78, 5) is 12.3. The molecule has 0 saturated carbocycles. The zero-order chi connectivity index (χ0) is 15.7. The summed E-state index contributed by atoms with van der Waals surface area (Å²) in [5.41, 5.74) is 9.08. The van der Waals surface area contributed by atoms with Crippen molar-refractivity contribution in [3.05, 3.63) is 55.5 Å². The number of carbonyl (C=O) groups excluding carboxylic acids is 1. The van der Waals surface area contributed by atoms with Crippen molar-refractivity contribution in [3.8, 4) is 0 Å². The minimum atomic E-state index is -0.352. The van der Waals surface area contributed by atoms with Crippen LogP contribution in [0, 0.1) is 13.8 Å². The Kier molecular flexibility index (Phi) is 4.81. The number of nitrogens with two attached hydrogens (primary N) is 1. The van der Waals surface area contributed by atoms with Crippen molar-refractivity contribution >= 4 is 56.4 Å². The average Bonchev–Trinajstić information content (AvgIpc) is 2.39. The van der Waals surface area contributed by atoms with Crippen molar-refractivity contribution < 1.29 is 4.79 Å². The van der Waals surface area contributed by atoms with Crippen molar-refractivity contribution in [1.82, 2.24) is 0 Å². The van der Waals surface area contributed by atoms with Crippen molar-refractivity contribution in [1.29, 1.82) is 0 Å². The van der Waals surface area contributed by atoms with Gasteiger partial charge < -0.3 is 11.1 Å².